The van der Waals surface area contributed by atoms with Crippen molar-refractivity contribution in [2.45, 2.75) is 20.3 Å². The molecule has 6 heteroatoms. The molecule has 0 saturated carbocycles. The summed E-state index contributed by atoms with van der Waals surface area (Å²) in [5.41, 5.74) is 0.591. The zero-order chi connectivity index (χ0) is 14.5. The number of hydrogen-bond donors (Lipinski definition) is 2. The van der Waals surface area contributed by atoms with Gasteiger partial charge in [0, 0.05) is 25.3 Å². The van der Waals surface area contributed by atoms with Gasteiger partial charge in [0.15, 0.2) is 0 Å². The minimum Gasteiger partial charge on any atom is -0.396 e. The molecule has 0 unspecified atom stereocenters. The standard InChI is InChI=1S/C13H17N3O3/c1-13(2,5-6-17)9-15-12-4-3-11(16(18)19)7-10(12)8-14/h3-4,7,15,17H,5-6,9H2,1-2H3. The highest BCUT2D eigenvalue weighted by Gasteiger charge is 2.18. The summed E-state index contributed by atoms with van der Waals surface area (Å²) in [6, 6.07) is 6.09. The number of benzene rings is 1. The second-order valence-electron chi connectivity index (χ2n) is 5.09. The van der Waals surface area contributed by atoms with Crippen molar-refractivity contribution in [1.29, 1.82) is 5.26 Å². The normalized spacial score (nSPS) is 10.8. The molecule has 0 saturated heterocycles. The summed E-state index contributed by atoms with van der Waals surface area (Å²) in [4.78, 5) is 10.1. The molecule has 0 aliphatic rings. The molecule has 0 spiro atoms. The topological polar surface area (TPSA) is 99.2 Å². The van der Waals surface area contributed by atoms with Crippen LogP contribution >= 0.6 is 0 Å². The largest absolute Gasteiger partial charge is 0.396 e. The van der Waals surface area contributed by atoms with Crippen LogP contribution in [0.2, 0.25) is 0 Å². The van der Waals surface area contributed by atoms with Crippen molar-refractivity contribution < 1.29 is 10.0 Å². The zero-order valence-electron chi connectivity index (χ0n) is 11.0. The van der Waals surface area contributed by atoms with Crippen molar-refractivity contribution in [3.63, 3.8) is 0 Å². The summed E-state index contributed by atoms with van der Waals surface area (Å²) in [6.07, 6.45) is 0.634. The molecule has 0 aliphatic heterocycles. The predicted octanol–water partition coefficient (Wildman–Crippen LogP) is 2.29. The van der Waals surface area contributed by atoms with E-state index in [-0.39, 0.29) is 23.3 Å². The van der Waals surface area contributed by atoms with Gasteiger partial charge in [0.25, 0.3) is 5.69 Å². The molecule has 0 aromatic heterocycles. The van der Waals surface area contributed by atoms with Crippen LogP contribution in [-0.4, -0.2) is 23.2 Å². The first-order chi connectivity index (χ1) is 8.89. The third-order valence-corrected chi connectivity index (χ3v) is 2.88. The molecular formula is C13H17N3O3. The molecule has 6 nitrogen and oxygen atoms in total. The number of hydrogen-bond acceptors (Lipinski definition) is 5. The van der Waals surface area contributed by atoms with Crippen LogP contribution in [0.25, 0.3) is 0 Å². The fraction of sp³-hybridized carbons (Fsp3) is 0.462. The Morgan fingerprint density at radius 3 is 2.74 bits per heavy atom. The Kier molecular flexibility index (Phi) is 4.84. The van der Waals surface area contributed by atoms with Crippen LogP contribution in [0.1, 0.15) is 25.8 Å². The van der Waals surface area contributed by atoms with E-state index in [2.05, 4.69) is 5.32 Å². The summed E-state index contributed by atoms with van der Waals surface area (Å²) >= 11 is 0. The van der Waals surface area contributed by atoms with Crippen LogP contribution < -0.4 is 5.32 Å². The van der Waals surface area contributed by atoms with Gasteiger partial charge < -0.3 is 10.4 Å². The van der Waals surface area contributed by atoms with Gasteiger partial charge in [0.05, 0.1) is 16.2 Å². The van der Waals surface area contributed by atoms with Gasteiger partial charge in [0.2, 0.25) is 0 Å². The number of nitro benzene ring substituents is 1. The van der Waals surface area contributed by atoms with E-state index >= 15 is 0 Å². The van der Waals surface area contributed by atoms with Gasteiger partial charge in [-0.1, -0.05) is 13.8 Å². The van der Waals surface area contributed by atoms with Crippen LogP contribution in [0.15, 0.2) is 18.2 Å². The number of nitrogens with one attached hydrogen (secondary N) is 1. The van der Waals surface area contributed by atoms with Gasteiger partial charge in [-0.2, -0.15) is 5.26 Å². The first kappa shape index (κ1) is 14.9. The number of nitriles is 1. The number of aliphatic hydroxyl groups excluding tert-OH is 1. The lowest BCUT2D eigenvalue weighted by Crippen LogP contribution is -2.24. The molecule has 1 aromatic rings. The second kappa shape index (κ2) is 6.16. The zero-order valence-corrected chi connectivity index (χ0v) is 11.0. The molecule has 1 rings (SSSR count). The SMILES string of the molecule is CC(C)(CCO)CNc1ccc([N+](=O)[O-])cc1C#N. The maximum absolute atomic E-state index is 10.6. The smallest absolute Gasteiger partial charge is 0.270 e. The molecule has 2 N–H and O–H groups in total. The number of non-ortho nitro benzene ring substituents is 1. The molecule has 1 aromatic carbocycles. The lowest BCUT2D eigenvalue weighted by Gasteiger charge is -2.24. The van der Waals surface area contributed by atoms with E-state index in [0.29, 0.717) is 18.7 Å². The van der Waals surface area contributed by atoms with Crippen LogP contribution in [0, 0.1) is 26.9 Å². The molecule has 0 fully saturated rings. The highest BCUT2D eigenvalue weighted by atomic mass is 16.6. The van der Waals surface area contributed by atoms with Crippen molar-refractivity contribution in [3.8, 4) is 6.07 Å². The molecule has 0 radical (unpaired) electrons. The van der Waals surface area contributed by atoms with Crippen molar-refractivity contribution in [2.75, 3.05) is 18.5 Å². The second-order valence-corrected chi connectivity index (χ2v) is 5.09. The minimum absolute atomic E-state index is 0.0973. The van der Waals surface area contributed by atoms with Crippen LogP contribution in [0.4, 0.5) is 11.4 Å². The minimum atomic E-state index is -0.527. The lowest BCUT2D eigenvalue weighted by atomic mass is 9.89. The van der Waals surface area contributed by atoms with Crippen molar-refractivity contribution in [1.82, 2.24) is 0 Å². The number of anilines is 1. The lowest BCUT2D eigenvalue weighted by molar-refractivity contribution is -0.384. The Bertz CT molecular complexity index is 506. The third kappa shape index (κ3) is 4.23. The summed E-state index contributed by atoms with van der Waals surface area (Å²) in [5.74, 6) is 0. The summed E-state index contributed by atoms with van der Waals surface area (Å²) in [5, 5.41) is 31.7. The maximum atomic E-state index is 10.6. The van der Waals surface area contributed by atoms with Gasteiger partial charge in [-0.15, -0.1) is 0 Å². The summed E-state index contributed by atoms with van der Waals surface area (Å²) in [6.45, 7) is 4.65. The maximum Gasteiger partial charge on any atom is 0.270 e. The fourth-order valence-corrected chi connectivity index (χ4v) is 1.62. The average Bonchev–Trinajstić information content (AvgIpc) is 2.36. The van der Waals surface area contributed by atoms with E-state index in [0.717, 1.165) is 0 Å². The van der Waals surface area contributed by atoms with Crippen molar-refractivity contribution >= 4 is 11.4 Å². The van der Waals surface area contributed by atoms with E-state index in [1.165, 1.54) is 18.2 Å². The van der Waals surface area contributed by atoms with Crippen molar-refractivity contribution in [2.24, 2.45) is 5.41 Å². The van der Waals surface area contributed by atoms with E-state index in [9.17, 15) is 10.1 Å². The first-order valence-corrected chi connectivity index (χ1v) is 5.93. The Morgan fingerprint density at radius 1 is 1.53 bits per heavy atom. The molecule has 0 bridgehead atoms. The number of nitrogens with zero attached hydrogens (tertiary/aromatic N) is 2. The molecule has 19 heavy (non-hydrogen) atoms. The van der Waals surface area contributed by atoms with Crippen molar-refractivity contribution in [3.05, 3.63) is 33.9 Å². The molecule has 0 atom stereocenters. The number of nitro groups is 1. The van der Waals surface area contributed by atoms with Gasteiger partial charge in [-0.3, -0.25) is 10.1 Å². The van der Waals surface area contributed by atoms with E-state index in [1.807, 2.05) is 19.9 Å². The highest BCUT2D eigenvalue weighted by Crippen LogP contribution is 2.25. The first-order valence-electron chi connectivity index (χ1n) is 5.93. The number of rotatable bonds is 6. The fourth-order valence-electron chi connectivity index (χ4n) is 1.62. The Balaban J connectivity index is 2.85. The van der Waals surface area contributed by atoms with Crippen LogP contribution in [-0.2, 0) is 0 Å². The molecule has 0 heterocycles. The third-order valence-electron chi connectivity index (χ3n) is 2.88. The average molecular weight is 263 g/mol. The summed E-state index contributed by atoms with van der Waals surface area (Å²) in [7, 11) is 0. The van der Waals surface area contributed by atoms with Gasteiger partial charge >= 0.3 is 0 Å². The molecule has 102 valence electrons. The molecule has 0 amide bonds. The van der Waals surface area contributed by atoms with E-state index < -0.39 is 4.92 Å². The highest BCUT2D eigenvalue weighted by molar-refractivity contribution is 5.61. The predicted molar refractivity (Wildman–Crippen MR) is 71.8 cm³/mol. The monoisotopic (exact) mass is 263 g/mol. The van der Waals surface area contributed by atoms with Crippen LogP contribution in [0.3, 0.4) is 0 Å². The Hall–Kier alpha value is -2.13. The quantitative estimate of drug-likeness (QED) is 0.606. The Morgan fingerprint density at radius 2 is 2.21 bits per heavy atom. The van der Waals surface area contributed by atoms with Crippen LogP contribution in [0.5, 0.6) is 0 Å². The van der Waals surface area contributed by atoms with Gasteiger partial charge in [0.1, 0.15) is 6.07 Å². The van der Waals surface area contributed by atoms with E-state index in [1.54, 1.807) is 0 Å². The Labute approximate surface area is 111 Å². The molecule has 0 aliphatic carbocycles. The van der Waals surface area contributed by atoms with E-state index in [4.69, 9.17) is 10.4 Å². The van der Waals surface area contributed by atoms with Gasteiger partial charge in [-0.25, -0.2) is 0 Å². The van der Waals surface area contributed by atoms with Gasteiger partial charge in [-0.05, 0) is 17.9 Å². The molecular weight excluding hydrogens is 246 g/mol. The number of aliphatic hydroxyl groups is 1. The summed E-state index contributed by atoms with van der Waals surface area (Å²) < 4.78 is 0.